The molecule has 160 valence electrons. The van der Waals surface area contributed by atoms with Gasteiger partial charge < -0.3 is 16.0 Å². The molecule has 3 amide bonds. The number of piperidine rings is 1. The van der Waals surface area contributed by atoms with Crippen LogP contribution in [-0.2, 0) is 22.7 Å². The number of hydrogen-bond donors (Lipinski definition) is 3. The fourth-order valence-corrected chi connectivity index (χ4v) is 6.25. The summed E-state index contributed by atoms with van der Waals surface area (Å²) < 4.78 is 0. The summed E-state index contributed by atoms with van der Waals surface area (Å²) in [4.78, 5) is 38.7. The molecule has 0 radical (unpaired) electrons. The number of nitrogens with two attached hydrogens (primary N) is 1. The molecule has 6 rings (SSSR count). The SMILES string of the molecule is NCC1(NCc2cccc3c2C(=O)N(C2CCC(=O)NC2=O)C3)CC2CCC1CC2. The van der Waals surface area contributed by atoms with E-state index in [4.69, 9.17) is 5.73 Å². The largest absolute Gasteiger partial charge is 0.329 e. The minimum Gasteiger partial charge on any atom is -0.329 e. The minimum absolute atomic E-state index is 0.0329. The Labute approximate surface area is 176 Å². The molecular formula is C23H30N4O3. The van der Waals surface area contributed by atoms with Crippen molar-refractivity contribution in [3.63, 3.8) is 0 Å². The average molecular weight is 411 g/mol. The van der Waals surface area contributed by atoms with Gasteiger partial charge in [0.2, 0.25) is 11.8 Å². The zero-order valence-electron chi connectivity index (χ0n) is 17.3. The van der Waals surface area contributed by atoms with Crippen molar-refractivity contribution in [1.29, 1.82) is 0 Å². The summed E-state index contributed by atoms with van der Waals surface area (Å²) in [5.41, 5.74) is 8.87. The highest BCUT2D eigenvalue weighted by Gasteiger charge is 2.46. The summed E-state index contributed by atoms with van der Waals surface area (Å²) in [5, 5.41) is 6.14. The molecule has 2 aliphatic heterocycles. The third kappa shape index (κ3) is 3.15. The van der Waals surface area contributed by atoms with Crippen LogP contribution >= 0.6 is 0 Å². The van der Waals surface area contributed by atoms with Gasteiger partial charge in [-0.3, -0.25) is 19.7 Å². The van der Waals surface area contributed by atoms with Crippen molar-refractivity contribution < 1.29 is 14.4 Å². The van der Waals surface area contributed by atoms with Crippen molar-refractivity contribution in [2.45, 2.75) is 69.6 Å². The van der Waals surface area contributed by atoms with Crippen LogP contribution < -0.4 is 16.4 Å². The molecule has 2 heterocycles. The second-order valence-electron chi connectivity index (χ2n) is 9.49. The summed E-state index contributed by atoms with van der Waals surface area (Å²) in [6.45, 7) is 1.65. The molecule has 3 aliphatic carbocycles. The van der Waals surface area contributed by atoms with E-state index in [0.29, 0.717) is 37.5 Å². The number of amides is 3. The van der Waals surface area contributed by atoms with E-state index in [2.05, 4.69) is 10.6 Å². The van der Waals surface area contributed by atoms with E-state index in [9.17, 15) is 14.4 Å². The van der Waals surface area contributed by atoms with Gasteiger partial charge in [-0.1, -0.05) is 31.0 Å². The lowest BCUT2D eigenvalue weighted by atomic mass is 9.60. The highest BCUT2D eigenvalue weighted by Crippen LogP contribution is 2.47. The van der Waals surface area contributed by atoms with Gasteiger partial charge in [0.1, 0.15) is 6.04 Å². The predicted octanol–water partition coefficient (Wildman–Crippen LogP) is 1.44. The van der Waals surface area contributed by atoms with Crippen molar-refractivity contribution >= 4 is 17.7 Å². The van der Waals surface area contributed by atoms with E-state index in [1.807, 2.05) is 18.2 Å². The van der Waals surface area contributed by atoms with Crippen molar-refractivity contribution in [1.82, 2.24) is 15.5 Å². The summed E-state index contributed by atoms with van der Waals surface area (Å²) in [6.07, 6.45) is 6.89. The van der Waals surface area contributed by atoms with E-state index < -0.39 is 6.04 Å². The molecule has 7 heteroatoms. The third-order valence-corrected chi connectivity index (χ3v) is 7.92. The number of fused-ring (bicyclic) bond motifs is 4. The molecule has 4 fully saturated rings. The van der Waals surface area contributed by atoms with Gasteiger partial charge in [-0.25, -0.2) is 0 Å². The number of carbonyl (C=O) groups is 3. The molecule has 2 atom stereocenters. The third-order valence-electron chi connectivity index (χ3n) is 7.92. The lowest BCUT2D eigenvalue weighted by Gasteiger charge is -2.52. The molecule has 30 heavy (non-hydrogen) atoms. The van der Waals surface area contributed by atoms with Crippen LogP contribution in [0.2, 0.25) is 0 Å². The first-order valence-electron chi connectivity index (χ1n) is 11.2. The lowest BCUT2D eigenvalue weighted by molar-refractivity contribution is -0.136. The molecule has 4 N–H and O–H groups in total. The summed E-state index contributed by atoms with van der Waals surface area (Å²) >= 11 is 0. The second kappa shape index (κ2) is 7.46. The van der Waals surface area contributed by atoms with E-state index in [-0.39, 0.29) is 29.7 Å². The van der Waals surface area contributed by atoms with Gasteiger partial charge in [0, 0.05) is 37.2 Å². The van der Waals surface area contributed by atoms with Crippen molar-refractivity contribution in [3.8, 4) is 0 Å². The zero-order chi connectivity index (χ0) is 20.9. The Morgan fingerprint density at radius 3 is 2.60 bits per heavy atom. The van der Waals surface area contributed by atoms with Gasteiger partial charge in [-0.2, -0.15) is 0 Å². The molecule has 0 aromatic heterocycles. The number of carbonyl (C=O) groups excluding carboxylic acids is 3. The van der Waals surface area contributed by atoms with Crippen LogP contribution in [0.5, 0.6) is 0 Å². The molecule has 2 unspecified atom stereocenters. The molecule has 5 aliphatic rings. The standard InChI is InChI=1S/C23H30N4O3/c24-13-23(10-14-4-6-17(23)7-5-14)25-11-15-2-1-3-16-12-27(22(30)20(15)16)18-8-9-19(28)26-21(18)29/h1-3,14,17-18,25H,4-13,24H2,(H,26,28,29). The zero-order valence-corrected chi connectivity index (χ0v) is 17.3. The van der Waals surface area contributed by atoms with E-state index >= 15 is 0 Å². The molecule has 0 spiro atoms. The molecule has 1 aromatic carbocycles. The Hall–Kier alpha value is -2.25. The first-order valence-corrected chi connectivity index (χ1v) is 11.2. The number of benzene rings is 1. The Morgan fingerprint density at radius 1 is 1.13 bits per heavy atom. The first kappa shape index (κ1) is 19.7. The number of nitrogens with one attached hydrogen (secondary N) is 2. The summed E-state index contributed by atoms with van der Waals surface area (Å²) in [5.74, 6) is 0.632. The van der Waals surface area contributed by atoms with Crippen molar-refractivity contribution in [3.05, 3.63) is 34.9 Å². The van der Waals surface area contributed by atoms with Gasteiger partial charge in [-0.15, -0.1) is 0 Å². The van der Waals surface area contributed by atoms with Gasteiger partial charge >= 0.3 is 0 Å². The maximum Gasteiger partial charge on any atom is 0.255 e. The normalized spacial score (nSPS) is 33.0. The fraction of sp³-hybridized carbons (Fsp3) is 0.609. The maximum absolute atomic E-state index is 13.3. The van der Waals surface area contributed by atoms with Gasteiger partial charge in [0.25, 0.3) is 5.91 Å². The number of imide groups is 1. The van der Waals surface area contributed by atoms with Crippen LogP contribution in [0.25, 0.3) is 0 Å². The van der Waals surface area contributed by atoms with Gasteiger partial charge in [0.05, 0.1) is 0 Å². The van der Waals surface area contributed by atoms with Crippen LogP contribution in [0.1, 0.15) is 66.4 Å². The Morgan fingerprint density at radius 2 is 1.93 bits per heavy atom. The van der Waals surface area contributed by atoms with Gasteiger partial charge in [0.15, 0.2) is 0 Å². The highest BCUT2D eigenvalue weighted by molar-refractivity contribution is 6.05. The van der Waals surface area contributed by atoms with E-state index in [1.54, 1.807) is 4.90 Å². The molecular weight excluding hydrogens is 380 g/mol. The van der Waals surface area contributed by atoms with Crippen molar-refractivity contribution in [2.75, 3.05) is 6.54 Å². The summed E-state index contributed by atoms with van der Waals surface area (Å²) in [7, 11) is 0. The monoisotopic (exact) mass is 410 g/mol. The molecule has 1 saturated heterocycles. The number of hydrogen-bond acceptors (Lipinski definition) is 5. The Balaban J connectivity index is 1.35. The Kier molecular flexibility index (Phi) is 4.90. The number of nitrogens with zero attached hydrogens (tertiary/aromatic N) is 1. The van der Waals surface area contributed by atoms with E-state index in [0.717, 1.165) is 23.5 Å². The molecule has 3 saturated carbocycles. The fourth-order valence-electron chi connectivity index (χ4n) is 6.25. The number of rotatable bonds is 5. The second-order valence-corrected chi connectivity index (χ2v) is 9.49. The minimum atomic E-state index is -0.576. The van der Waals surface area contributed by atoms with Crippen molar-refractivity contribution in [2.24, 2.45) is 17.6 Å². The van der Waals surface area contributed by atoms with E-state index in [1.165, 1.54) is 25.7 Å². The Bertz CT molecular complexity index is 892. The van der Waals surface area contributed by atoms with Crippen LogP contribution in [0.4, 0.5) is 0 Å². The first-order chi connectivity index (χ1) is 14.5. The lowest BCUT2D eigenvalue weighted by Crippen LogP contribution is -2.61. The highest BCUT2D eigenvalue weighted by atomic mass is 16.2. The predicted molar refractivity (Wildman–Crippen MR) is 111 cm³/mol. The smallest absolute Gasteiger partial charge is 0.255 e. The average Bonchev–Trinajstić information content (AvgIpc) is 3.10. The maximum atomic E-state index is 13.3. The van der Waals surface area contributed by atoms with Crippen LogP contribution in [-0.4, -0.2) is 40.7 Å². The topological polar surface area (TPSA) is 105 Å². The van der Waals surface area contributed by atoms with Crippen LogP contribution in [0, 0.1) is 11.8 Å². The van der Waals surface area contributed by atoms with Crippen LogP contribution in [0.15, 0.2) is 18.2 Å². The molecule has 1 aromatic rings. The van der Waals surface area contributed by atoms with Gasteiger partial charge in [-0.05, 0) is 48.6 Å². The quantitative estimate of drug-likeness (QED) is 0.637. The van der Waals surface area contributed by atoms with Crippen LogP contribution in [0.3, 0.4) is 0 Å². The molecule has 7 nitrogen and oxygen atoms in total. The summed E-state index contributed by atoms with van der Waals surface area (Å²) in [6, 6.07) is 5.37. The molecule has 2 bridgehead atoms.